The van der Waals surface area contributed by atoms with E-state index >= 15 is 0 Å². The molecular weight excluding hydrogens is 550 g/mol. The van der Waals surface area contributed by atoms with E-state index in [0.29, 0.717) is 0 Å². The van der Waals surface area contributed by atoms with Crippen molar-refractivity contribution >= 4 is 54.6 Å². The van der Waals surface area contributed by atoms with Crippen LogP contribution in [-0.2, 0) is 5.41 Å². The molecule has 0 spiro atoms. The molecule has 0 amide bonds. The SMILES string of the molecule is CC1(C)c2cc(-c3nc(-c4ccc5ccccc5c4)c4ccccc4n3)ccc2-n2c3oc4ccccc4c3c3cccc1c32. The van der Waals surface area contributed by atoms with Crippen molar-refractivity contribution in [3.8, 4) is 28.3 Å². The van der Waals surface area contributed by atoms with E-state index in [0.717, 1.165) is 55.9 Å². The van der Waals surface area contributed by atoms with E-state index in [1.54, 1.807) is 0 Å². The zero-order chi connectivity index (χ0) is 29.9. The molecule has 0 saturated heterocycles. The largest absolute Gasteiger partial charge is 0.439 e. The Morgan fingerprint density at radius 3 is 2.27 bits per heavy atom. The molecule has 0 fully saturated rings. The van der Waals surface area contributed by atoms with E-state index in [9.17, 15) is 0 Å². The fraction of sp³-hybridized carbons (Fsp3) is 0.0732. The summed E-state index contributed by atoms with van der Waals surface area (Å²) in [6.45, 7) is 4.64. The third-order valence-corrected chi connectivity index (χ3v) is 9.78. The lowest BCUT2D eigenvalue weighted by atomic mass is 9.74. The van der Waals surface area contributed by atoms with E-state index in [1.807, 2.05) is 12.1 Å². The minimum atomic E-state index is -0.246. The fourth-order valence-electron chi connectivity index (χ4n) is 7.55. The van der Waals surface area contributed by atoms with Crippen LogP contribution in [0.1, 0.15) is 25.0 Å². The van der Waals surface area contributed by atoms with Gasteiger partial charge in [-0.2, -0.15) is 0 Å². The lowest BCUT2D eigenvalue weighted by molar-refractivity contribution is 0.612. The first-order chi connectivity index (χ1) is 22.1. The molecule has 4 heterocycles. The summed E-state index contributed by atoms with van der Waals surface area (Å²) in [5.41, 5.74) is 10.4. The summed E-state index contributed by atoms with van der Waals surface area (Å²) in [6, 6.07) is 45.0. The van der Waals surface area contributed by atoms with E-state index in [2.05, 4.69) is 134 Å². The van der Waals surface area contributed by atoms with Gasteiger partial charge in [-0.25, -0.2) is 9.97 Å². The first-order valence-corrected chi connectivity index (χ1v) is 15.4. The molecule has 0 saturated carbocycles. The first kappa shape index (κ1) is 24.7. The van der Waals surface area contributed by atoms with Crippen LogP contribution < -0.4 is 0 Å². The fourth-order valence-corrected chi connectivity index (χ4v) is 7.55. The molecule has 0 atom stereocenters. The Kier molecular flexibility index (Phi) is 4.76. The molecule has 9 aromatic rings. The van der Waals surface area contributed by atoms with Crippen molar-refractivity contribution < 1.29 is 4.42 Å². The topological polar surface area (TPSA) is 43.9 Å². The molecule has 3 aromatic heterocycles. The molecule has 0 bridgehead atoms. The molecule has 0 N–H and O–H groups in total. The van der Waals surface area contributed by atoms with Gasteiger partial charge in [0.15, 0.2) is 5.82 Å². The van der Waals surface area contributed by atoms with Gasteiger partial charge in [-0.1, -0.05) is 105 Å². The number of benzene rings is 6. The third kappa shape index (κ3) is 3.31. The zero-order valence-corrected chi connectivity index (χ0v) is 24.9. The predicted molar refractivity (Wildman–Crippen MR) is 184 cm³/mol. The molecule has 10 rings (SSSR count). The quantitative estimate of drug-likeness (QED) is 0.205. The second-order valence-corrected chi connectivity index (χ2v) is 12.6. The minimum Gasteiger partial charge on any atom is -0.439 e. The van der Waals surface area contributed by atoms with Crippen LogP contribution >= 0.6 is 0 Å². The van der Waals surface area contributed by atoms with Crippen molar-refractivity contribution in [1.82, 2.24) is 14.5 Å². The minimum absolute atomic E-state index is 0.246. The molecule has 4 nitrogen and oxygen atoms in total. The molecular formula is C41H27N3O. The maximum absolute atomic E-state index is 6.57. The number of nitrogens with zero attached hydrogens (tertiary/aromatic N) is 3. The van der Waals surface area contributed by atoms with Gasteiger partial charge in [0.2, 0.25) is 5.71 Å². The van der Waals surface area contributed by atoms with Crippen LogP contribution in [0.15, 0.2) is 132 Å². The van der Waals surface area contributed by atoms with E-state index in [4.69, 9.17) is 14.4 Å². The number of fused-ring (bicyclic) bond motifs is 9. The Morgan fingerprint density at radius 2 is 1.36 bits per heavy atom. The van der Waals surface area contributed by atoms with Crippen molar-refractivity contribution in [3.63, 3.8) is 0 Å². The summed E-state index contributed by atoms with van der Waals surface area (Å²) >= 11 is 0. The number of hydrogen-bond donors (Lipinski definition) is 0. The Balaban J connectivity index is 1.22. The molecule has 6 aromatic carbocycles. The van der Waals surface area contributed by atoms with Crippen molar-refractivity contribution in [3.05, 3.63) is 139 Å². The van der Waals surface area contributed by atoms with Crippen LogP contribution in [0.25, 0.3) is 83.0 Å². The molecule has 212 valence electrons. The maximum Gasteiger partial charge on any atom is 0.213 e. The normalized spacial score (nSPS) is 13.7. The maximum atomic E-state index is 6.57. The molecule has 4 heteroatoms. The Hall–Kier alpha value is -5.74. The first-order valence-electron chi connectivity index (χ1n) is 15.4. The Bertz CT molecular complexity index is 2690. The van der Waals surface area contributed by atoms with E-state index in [-0.39, 0.29) is 5.41 Å². The molecule has 0 unspecified atom stereocenters. The lowest BCUT2D eigenvalue weighted by Crippen LogP contribution is -2.26. The number of para-hydroxylation sites is 3. The number of hydrogen-bond acceptors (Lipinski definition) is 3. The summed E-state index contributed by atoms with van der Waals surface area (Å²) in [5, 5.41) is 7.02. The second kappa shape index (κ2) is 8.67. The Morgan fingerprint density at radius 1 is 0.600 bits per heavy atom. The highest BCUT2D eigenvalue weighted by molar-refractivity contribution is 6.21. The summed E-state index contributed by atoms with van der Waals surface area (Å²) in [6.07, 6.45) is 0. The summed E-state index contributed by atoms with van der Waals surface area (Å²) in [5.74, 6) is 0.723. The second-order valence-electron chi connectivity index (χ2n) is 12.6. The number of furan rings is 1. The van der Waals surface area contributed by atoms with Gasteiger partial charge in [0.1, 0.15) is 5.58 Å². The Labute approximate surface area is 259 Å². The van der Waals surface area contributed by atoms with Crippen LogP contribution in [0, 0.1) is 0 Å². The van der Waals surface area contributed by atoms with Crippen LogP contribution in [0.4, 0.5) is 0 Å². The highest BCUT2D eigenvalue weighted by Crippen LogP contribution is 2.50. The number of rotatable bonds is 2. The number of aromatic nitrogens is 3. The van der Waals surface area contributed by atoms with Crippen LogP contribution in [0.3, 0.4) is 0 Å². The van der Waals surface area contributed by atoms with E-state index < -0.39 is 0 Å². The average Bonchev–Trinajstić information content (AvgIpc) is 3.62. The van der Waals surface area contributed by atoms with Gasteiger partial charge < -0.3 is 4.42 Å². The lowest BCUT2D eigenvalue weighted by Gasteiger charge is -2.34. The zero-order valence-electron chi connectivity index (χ0n) is 24.9. The van der Waals surface area contributed by atoms with E-state index in [1.165, 1.54) is 38.2 Å². The van der Waals surface area contributed by atoms with Crippen LogP contribution in [0.5, 0.6) is 0 Å². The highest BCUT2D eigenvalue weighted by Gasteiger charge is 2.36. The summed E-state index contributed by atoms with van der Waals surface area (Å²) in [4.78, 5) is 10.4. The van der Waals surface area contributed by atoms with Gasteiger partial charge >= 0.3 is 0 Å². The molecule has 0 radical (unpaired) electrons. The highest BCUT2D eigenvalue weighted by atomic mass is 16.3. The van der Waals surface area contributed by atoms with Crippen molar-refractivity contribution in [2.24, 2.45) is 0 Å². The monoisotopic (exact) mass is 577 g/mol. The summed E-state index contributed by atoms with van der Waals surface area (Å²) < 4.78 is 8.90. The van der Waals surface area contributed by atoms with Crippen molar-refractivity contribution in [2.45, 2.75) is 19.3 Å². The molecule has 45 heavy (non-hydrogen) atoms. The third-order valence-electron chi connectivity index (χ3n) is 9.78. The van der Waals surface area contributed by atoms with Gasteiger partial charge in [-0.3, -0.25) is 4.57 Å². The van der Waals surface area contributed by atoms with Crippen molar-refractivity contribution in [1.29, 1.82) is 0 Å². The smallest absolute Gasteiger partial charge is 0.213 e. The standard InChI is InChI=1S/C41H27N3O/c1-41(2)31-15-9-14-30-36-29-13-6-8-17-35(29)45-40(36)44(38(30)31)34-21-20-27(23-32(34)41)39-42-33-16-7-5-12-28(33)37(43-39)26-19-18-24-10-3-4-11-25(24)22-26/h3-23H,1-2H3. The van der Waals surface area contributed by atoms with Gasteiger partial charge in [0.25, 0.3) is 0 Å². The molecule has 1 aliphatic heterocycles. The van der Waals surface area contributed by atoms with Gasteiger partial charge in [-0.05, 0) is 58.3 Å². The average molecular weight is 578 g/mol. The van der Waals surface area contributed by atoms with Gasteiger partial charge in [0.05, 0.1) is 27.8 Å². The van der Waals surface area contributed by atoms with Crippen molar-refractivity contribution in [2.75, 3.05) is 0 Å². The van der Waals surface area contributed by atoms with Crippen LogP contribution in [-0.4, -0.2) is 14.5 Å². The van der Waals surface area contributed by atoms with Gasteiger partial charge in [-0.15, -0.1) is 0 Å². The van der Waals surface area contributed by atoms with Crippen LogP contribution in [0.2, 0.25) is 0 Å². The summed E-state index contributed by atoms with van der Waals surface area (Å²) in [7, 11) is 0. The predicted octanol–water partition coefficient (Wildman–Crippen LogP) is 10.6. The molecule has 0 aliphatic carbocycles. The van der Waals surface area contributed by atoms with Gasteiger partial charge in [0, 0.05) is 32.7 Å². The molecule has 1 aliphatic rings.